The van der Waals surface area contributed by atoms with Gasteiger partial charge in [0.05, 0.1) is 19.4 Å². The smallest absolute Gasteiger partial charge is 0.254 e. The molecule has 0 fully saturated rings. The summed E-state index contributed by atoms with van der Waals surface area (Å²) in [7, 11) is 0. The number of amides is 1. The molecule has 1 N–H and O–H groups in total. The van der Waals surface area contributed by atoms with Crippen molar-refractivity contribution in [2.24, 2.45) is 5.10 Å². The third kappa shape index (κ3) is 4.29. The van der Waals surface area contributed by atoms with E-state index in [9.17, 15) is 4.79 Å². The highest BCUT2D eigenvalue weighted by Crippen LogP contribution is 2.25. The monoisotopic (exact) mass is 351 g/mol. The van der Waals surface area contributed by atoms with Crippen LogP contribution in [0, 0.1) is 13.8 Å². The Balaban J connectivity index is 1.54. The average Bonchev–Trinajstić information content (AvgIpc) is 2.98. The van der Waals surface area contributed by atoms with Crippen molar-refractivity contribution in [3.05, 3.63) is 64.2 Å². The highest BCUT2D eigenvalue weighted by atomic mass is 16.5. The van der Waals surface area contributed by atoms with Crippen LogP contribution in [0.15, 0.2) is 41.5 Å². The summed E-state index contributed by atoms with van der Waals surface area (Å²) < 4.78 is 5.55. The molecule has 0 saturated carbocycles. The number of carbonyl (C=O) groups excluding carboxylic acids is 1. The van der Waals surface area contributed by atoms with Crippen LogP contribution in [0.1, 0.15) is 34.7 Å². The fraction of sp³-hybridized carbons (Fsp3) is 0.333. The third-order valence-corrected chi connectivity index (χ3v) is 4.58. The van der Waals surface area contributed by atoms with Crippen LogP contribution < -0.4 is 10.2 Å². The molecule has 5 nitrogen and oxygen atoms in total. The Kier molecular flexibility index (Phi) is 5.68. The molecule has 1 aliphatic heterocycles. The van der Waals surface area contributed by atoms with E-state index in [0.29, 0.717) is 13.2 Å². The van der Waals surface area contributed by atoms with E-state index in [1.807, 2.05) is 31.2 Å². The predicted molar refractivity (Wildman–Crippen MR) is 103 cm³/mol. The molecule has 2 aromatic rings. The van der Waals surface area contributed by atoms with Crippen LogP contribution in [-0.2, 0) is 17.9 Å². The van der Waals surface area contributed by atoms with Gasteiger partial charge in [-0.3, -0.25) is 9.69 Å². The van der Waals surface area contributed by atoms with Gasteiger partial charge in [0, 0.05) is 18.7 Å². The first-order valence-electron chi connectivity index (χ1n) is 8.92. The van der Waals surface area contributed by atoms with E-state index < -0.39 is 0 Å². The second-order valence-electron chi connectivity index (χ2n) is 6.61. The summed E-state index contributed by atoms with van der Waals surface area (Å²) in [5, 5.41) is 4.07. The van der Waals surface area contributed by atoms with E-state index in [0.717, 1.165) is 24.4 Å². The molecule has 1 heterocycles. The van der Waals surface area contributed by atoms with Gasteiger partial charge in [0.15, 0.2) is 0 Å². The summed E-state index contributed by atoms with van der Waals surface area (Å²) in [6, 6.07) is 12.1. The zero-order chi connectivity index (χ0) is 18.5. The van der Waals surface area contributed by atoms with Gasteiger partial charge in [-0.25, -0.2) is 5.43 Å². The number of hydrazone groups is 1. The lowest BCUT2D eigenvalue weighted by molar-refractivity contribution is -0.122. The van der Waals surface area contributed by atoms with Gasteiger partial charge >= 0.3 is 0 Å². The lowest BCUT2D eigenvalue weighted by Gasteiger charge is -2.12. The zero-order valence-electron chi connectivity index (χ0n) is 15.6. The van der Waals surface area contributed by atoms with Crippen molar-refractivity contribution >= 4 is 12.1 Å². The Morgan fingerprint density at radius 1 is 1.19 bits per heavy atom. The molecular formula is C21H25N3O2. The summed E-state index contributed by atoms with van der Waals surface area (Å²) in [6.07, 6.45) is 1.62. The number of para-hydroxylation sites is 1. The number of aryl methyl sites for hydroxylation is 2. The van der Waals surface area contributed by atoms with Crippen molar-refractivity contribution in [1.82, 2.24) is 10.3 Å². The number of hydrogen-bond donors (Lipinski definition) is 1. The van der Waals surface area contributed by atoms with Crippen LogP contribution in [0.25, 0.3) is 0 Å². The van der Waals surface area contributed by atoms with Crippen molar-refractivity contribution in [2.75, 3.05) is 13.2 Å². The Morgan fingerprint density at radius 2 is 1.85 bits per heavy atom. The molecule has 0 saturated heterocycles. The van der Waals surface area contributed by atoms with Gasteiger partial charge in [0.25, 0.3) is 5.91 Å². The Bertz CT molecular complexity index is 799. The standard InChI is InChI=1S/C21H25N3O2/c1-4-26-20-8-6-5-7-17(20)11-22-23-21(25)14-24-12-18-9-15(2)16(3)10-19(18)13-24/h5-11H,4,12-14H2,1-3H3,(H,23,25)/b22-11-. The van der Waals surface area contributed by atoms with Crippen molar-refractivity contribution < 1.29 is 9.53 Å². The van der Waals surface area contributed by atoms with Gasteiger partial charge in [0.1, 0.15) is 5.75 Å². The van der Waals surface area contributed by atoms with Crippen LogP contribution in [-0.4, -0.2) is 30.2 Å². The lowest BCUT2D eigenvalue weighted by Crippen LogP contribution is -2.32. The second-order valence-corrected chi connectivity index (χ2v) is 6.61. The van der Waals surface area contributed by atoms with Gasteiger partial charge in [-0.05, 0) is 55.2 Å². The molecule has 5 heteroatoms. The number of benzene rings is 2. The molecule has 3 rings (SSSR count). The molecule has 0 radical (unpaired) electrons. The fourth-order valence-corrected chi connectivity index (χ4v) is 3.17. The molecule has 0 atom stereocenters. The quantitative estimate of drug-likeness (QED) is 0.642. The van der Waals surface area contributed by atoms with Crippen LogP contribution in [0.2, 0.25) is 0 Å². The van der Waals surface area contributed by atoms with Crippen LogP contribution in [0.4, 0.5) is 0 Å². The molecular weight excluding hydrogens is 326 g/mol. The number of nitrogens with zero attached hydrogens (tertiary/aromatic N) is 2. The number of rotatable bonds is 6. The van der Waals surface area contributed by atoms with Gasteiger partial charge < -0.3 is 4.74 Å². The van der Waals surface area contributed by atoms with E-state index in [-0.39, 0.29) is 5.91 Å². The maximum absolute atomic E-state index is 12.2. The minimum absolute atomic E-state index is 0.114. The van der Waals surface area contributed by atoms with E-state index >= 15 is 0 Å². The minimum atomic E-state index is -0.114. The van der Waals surface area contributed by atoms with Gasteiger partial charge in [0.2, 0.25) is 0 Å². The first kappa shape index (κ1) is 18.1. The number of ether oxygens (including phenoxy) is 1. The summed E-state index contributed by atoms with van der Waals surface area (Å²) in [6.45, 7) is 8.72. The van der Waals surface area contributed by atoms with Crippen molar-refractivity contribution in [3.8, 4) is 5.75 Å². The first-order valence-corrected chi connectivity index (χ1v) is 8.92. The van der Waals surface area contributed by atoms with Gasteiger partial charge in [-0.2, -0.15) is 5.10 Å². The Morgan fingerprint density at radius 3 is 2.50 bits per heavy atom. The number of carbonyl (C=O) groups is 1. The normalized spacial score (nSPS) is 13.8. The predicted octanol–water partition coefficient (Wildman–Crippen LogP) is 3.17. The van der Waals surface area contributed by atoms with Gasteiger partial charge in [-0.1, -0.05) is 24.3 Å². The van der Waals surface area contributed by atoms with E-state index in [1.165, 1.54) is 22.3 Å². The zero-order valence-corrected chi connectivity index (χ0v) is 15.6. The molecule has 0 aromatic heterocycles. The highest BCUT2D eigenvalue weighted by molar-refractivity contribution is 5.85. The van der Waals surface area contributed by atoms with E-state index in [1.54, 1.807) is 6.21 Å². The SMILES string of the molecule is CCOc1ccccc1/C=N\NC(=O)CN1Cc2cc(C)c(C)cc2C1. The topological polar surface area (TPSA) is 53.9 Å². The third-order valence-electron chi connectivity index (χ3n) is 4.58. The van der Waals surface area contributed by atoms with Gasteiger partial charge in [-0.15, -0.1) is 0 Å². The highest BCUT2D eigenvalue weighted by Gasteiger charge is 2.21. The molecule has 1 amide bonds. The molecule has 2 aromatic carbocycles. The maximum atomic E-state index is 12.2. The van der Waals surface area contributed by atoms with E-state index in [4.69, 9.17) is 4.74 Å². The molecule has 136 valence electrons. The number of hydrogen-bond acceptors (Lipinski definition) is 4. The average molecular weight is 351 g/mol. The largest absolute Gasteiger partial charge is 0.493 e. The summed E-state index contributed by atoms with van der Waals surface area (Å²) >= 11 is 0. The van der Waals surface area contributed by atoms with Crippen LogP contribution in [0.3, 0.4) is 0 Å². The molecule has 0 unspecified atom stereocenters. The first-order chi connectivity index (χ1) is 12.6. The molecule has 1 aliphatic rings. The Labute approximate surface area is 154 Å². The molecule has 26 heavy (non-hydrogen) atoms. The molecule has 0 spiro atoms. The van der Waals surface area contributed by atoms with Crippen molar-refractivity contribution in [3.63, 3.8) is 0 Å². The molecule has 0 aliphatic carbocycles. The summed E-state index contributed by atoms with van der Waals surface area (Å²) in [5.41, 5.74) is 8.68. The van der Waals surface area contributed by atoms with Crippen molar-refractivity contribution in [2.45, 2.75) is 33.9 Å². The number of fused-ring (bicyclic) bond motifs is 1. The maximum Gasteiger partial charge on any atom is 0.254 e. The van der Waals surface area contributed by atoms with Crippen LogP contribution >= 0.6 is 0 Å². The van der Waals surface area contributed by atoms with Crippen molar-refractivity contribution in [1.29, 1.82) is 0 Å². The van der Waals surface area contributed by atoms with E-state index in [2.05, 4.69) is 41.4 Å². The lowest BCUT2D eigenvalue weighted by atomic mass is 10.0. The summed E-state index contributed by atoms with van der Waals surface area (Å²) in [5.74, 6) is 0.644. The number of nitrogens with one attached hydrogen (secondary N) is 1. The minimum Gasteiger partial charge on any atom is -0.493 e. The van der Waals surface area contributed by atoms with Crippen LogP contribution in [0.5, 0.6) is 5.75 Å². The fourth-order valence-electron chi connectivity index (χ4n) is 3.17. The molecule has 0 bridgehead atoms. The summed E-state index contributed by atoms with van der Waals surface area (Å²) in [4.78, 5) is 14.3. The Hall–Kier alpha value is -2.66. The second kappa shape index (κ2) is 8.15.